The highest BCUT2D eigenvalue weighted by Crippen LogP contribution is 2.28. The Kier molecular flexibility index (Phi) is 7.52. The third-order valence-electron chi connectivity index (χ3n) is 5.36. The lowest BCUT2D eigenvalue weighted by Crippen LogP contribution is -2.41. The number of carbonyl (C=O) groups excluding carboxylic acids is 2. The lowest BCUT2D eigenvalue weighted by Gasteiger charge is -2.30. The molecule has 9 heteroatoms. The van der Waals surface area contributed by atoms with Gasteiger partial charge in [-0.15, -0.1) is 0 Å². The molecule has 2 N–H and O–H groups in total. The molecule has 0 aromatic heterocycles. The van der Waals surface area contributed by atoms with E-state index in [1.807, 2.05) is 13.8 Å². The van der Waals surface area contributed by atoms with E-state index in [0.29, 0.717) is 36.6 Å². The number of nitrogens with one attached hydrogen (secondary N) is 2. The molecule has 0 unspecified atom stereocenters. The number of benzene rings is 2. The monoisotopic (exact) mass is 459 g/mol. The van der Waals surface area contributed by atoms with Crippen LogP contribution in [0.5, 0.6) is 5.75 Å². The molecule has 2 aromatic carbocycles. The zero-order valence-electron chi connectivity index (χ0n) is 18.6. The fourth-order valence-corrected chi connectivity index (χ4v) is 5.28. The van der Waals surface area contributed by atoms with Gasteiger partial charge in [0.15, 0.2) is 0 Å². The Morgan fingerprint density at radius 2 is 1.72 bits per heavy atom. The second-order valence-electron chi connectivity index (χ2n) is 7.79. The summed E-state index contributed by atoms with van der Waals surface area (Å²) in [5.41, 5.74) is 1.95. The number of ether oxygens (including phenoxy) is 1. The van der Waals surface area contributed by atoms with Crippen molar-refractivity contribution in [1.82, 2.24) is 4.31 Å². The summed E-state index contributed by atoms with van der Waals surface area (Å²) in [4.78, 5) is 24.1. The molecule has 1 saturated heterocycles. The van der Waals surface area contributed by atoms with Gasteiger partial charge in [-0.05, 0) is 68.7 Å². The van der Waals surface area contributed by atoms with E-state index in [4.69, 9.17) is 4.74 Å². The molecule has 1 heterocycles. The molecule has 0 bridgehead atoms. The van der Waals surface area contributed by atoms with Gasteiger partial charge in [-0.2, -0.15) is 4.31 Å². The van der Waals surface area contributed by atoms with Crippen LogP contribution < -0.4 is 15.4 Å². The largest absolute Gasteiger partial charge is 0.494 e. The van der Waals surface area contributed by atoms with Crippen molar-refractivity contribution in [3.8, 4) is 5.75 Å². The van der Waals surface area contributed by atoms with Crippen molar-refractivity contribution >= 4 is 33.2 Å². The van der Waals surface area contributed by atoms with Gasteiger partial charge in [0.25, 0.3) is 0 Å². The summed E-state index contributed by atoms with van der Waals surface area (Å²) in [6, 6.07) is 11.8. The van der Waals surface area contributed by atoms with Crippen molar-refractivity contribution in [2.24, 2.45) is 5.92 Å². The number of hydrogen-bond acceptors (Lipinski definition) is 5. The van der Waals surface area contributed by atoms with E-state index in [1.165, 1.54) is 11.2 Å². The predicted molar refractivity (Wildman–Crippen MR) is 123 cm³/mol. The van der Waals surface area contributed by atoms with Crippen LogP contribution in [0.15, 0.2) is 47.4 Å². The van der Waals surface area contributed by atoms with Crippen LogP contribution in [0.3, 0.4) is 0 Å². The molecule has 0 aliphatic carbocycles. The minimum absolute atomic E-state index is 0.154. The minimum Gasteiger partial charge on any atom is -0.494 e. The number of sulfonamides is 1. The van der Waals surface area contributed by atoms with Crippen LogP contribution >= 0.6 is 0 Å². The Bertz CT molecular complexity index is 1090. The number of rotatable bonds is 7. The standard InChI is InChI=1S/C23H29N3O5S/c1-4-31-22-9-8-21(14-16(22)2)32(29,30)26-12-10-18(11-13-26)23(28)25-20-7-5-6-19(15-20)24-17(3)27/h5-9,14-15,18H,4,10-13H2,1-3H3,(H,24,27)(H,25,28). The van der Waals surface area contributed by atoms with Crippen LogP contribution in [0.25, 0.3) is 0 Å². The van der Waals surface area contributed by atoms with Crippen molar-refractivity contribution in [3.63, 3.8) is 0 Å². The highest BCUT2D eigenvalue weighted by Gasteiger charge is 2.32. The first-order valence-corrected chi connectivity index (χ1v) is 12.1. The summed E-state index contributed by atoms with van der Waals surface area (Å²) in [5.74, 6) is 0.0426. The summed E-state index contributed by atoms with van der Waals surface area (Å²) in [6.45, 7) is 6.19. The van der Waals surface area contributed by atoms with Crippen molar-refractivity contribution in [2.75, 3.05) is 30.3 Å². The highest BCUT2D eigenvalue weighted by molar-refractivity contribution is 7.89. The van der Waals surface area contributed by atoms with Gasteiger partial charge >= 0.3 is 0 Å². The van der Waals surface area contributed by atoms with Gasteiger partial charge in [-0.3, -0.25) is 9.59 Å². The zero-order chi connectivity index (χ0) is 23.3. The Labute approximate surface area is 189 Å². The molecule has 1 aliphatic heterocycles. The predicted octanol–water partition coefficient (Wildman–Crippen LogP) is 3.39. The molecule has 2 aromatic rings. The van der Waals surface area contributed by atoms with E-state index in [1.54, 1.807) is 42.5 Å². The summed E-state index contributed by atoms with van der Waals surface area (Å²) >= 11 is 0. The fraction of sp³-hybridized carbons (Fsp3) is 0.391. The maximum Gasteiger partial charge on any atom is 0.243 e. The number of piperidine rings is 1. The number of nitrogens with zero attached hydrogens (tertiary/aromatic N) is 1. The molecule has 0 spiro atoms. The van der Waals surface area contributed by atoms with E-state index in [9.17, 15) is 18.0 Å². The Morgan fingerprint density at radius 1 is 1.06 bits per heavy atom. The second-order valence-corrected chi connectivity index (χ2v) is 9.73. The lowest BCUT2D eigenvalue weighted by molar-refractivity contribution is -0.121. The Balaban J connectivity index is 1.61. The van der Waals surface area contributed by atoms with Crippen LogP contribution in [0.2, 0.25) is 0 Å². The highest BCUT2D eigenvalue weighted by atomic mass is 32.2. The molecule has 32 heavy (non-hydrogen) atoms. The third kappa shape index (κ3) is 5.66. The smallest absolute Gasteiger partial charge is 0.243 e. The van der Waals surface area contributed by atoms with Gasteiger partial charge in [-0.25, -0.2) is 8.42 Å². The topological polar surface area (TPSA) is 105 Å². The number of amides is 2. The molecule has 172 valence electrons. The number of anilines is 2. The quantitative estimate of drug-likeness (QED) is 0.660. The molecule has 0 radical (unpaired) electrons. The Hall–Kier alpha value is -2.91. The van der Waals surface area contributed by atoms with E-state index < -0.39 is 10.0 Å². The van der Waals surface area contributed by atoms with Gasteiger partial charge in [0.1, 0.15) is 5.75 Å². The SMILES string of the molecule is CCOc1ccc(S(=O)(=O)N2CCC(C(=O)Nc3cccc(NC(C)=O)c3)CC2)cc1C. The maximum absolute atomic E-state index is 13.1. The van der Waals surface area contributed by atoms with Crippen molar-refractivity contribution < 1.29 is 22.7 Å². The summed E-state index contributed by atoms with van der Waals surface area (Å²) in [6.07, 6.45) is 0.874. The average Bonchev–Trinajstić information content (AvgIpc) is 2.75. The Morgan fingerprint density at radius 3 is 2.31 bits per heavy atom. The lowest BCUT2D eigenvalue weighted by atomic mass is 9.97. The zero-order valence-corrected chi connectivity index (χ0v) is 19.4. The maximum atomic E-state index is 13.1. The molecule has 1 fully saturated rings. The first-order chi connectivity index (χ1) is 15.2. The number of aryl methyl sites for hydroxylation is 1. The summed E-state index contributed by atoms with van der Waals surface area (Å²) < 4.78 is 33.0. The minimum atomic E-state index is -3.64. The van der Waals surface area contributed by atoms with Crippen molar-refractivity contribution in [1.29, 1.82) is 0 Å². The first kappa shape index (κ1) is 23.7. The van der Waals surface area contributed by atoms with Gasteiger partial charge in [-0.1, -0.05) is 6.07 Å². The van der Waals surface area contributed by atoms with Crippen LogP contribution in [-0.2, 0) is 19.6 Å². The molecule has 0 saturated carbocycles. The van der Waals surface area contributed by atoms with E-state index in [2.05, 4.69) is 10.6 Å². The van der Waals surface area contributed by atoms with Crippen LogP contribution in [0, 0.1) is 12.8 Å². The van der Waals surface area contributed by atoms with Crippen LogP contribution in [-0.4, -0.2) is 44.2 Å². The van der Waals surface area contributed by atoms with Gasteiger partial charge in [0, 0.05) is 37.3 Å². The fourth-order valence-electron chi connectivity index (χ4n) is 3.73. The summed E-state index contributed by atoms with van der Waals surface area (Å²) in [7, 11) is -3.64. The van der Waals surface area contributed by atoms with E-state index >= 15 is 0 Å². The van der Waals surface area contributed by atoms with Gasteiger partial charge in [0.05, 0.1) is 11.5 Å². The molecule has 0 atom stereocenters. The molecular formula is C23H29N3O5S. The normalized spacial score (nSPS) is 15.2. The number of carbonyl (C=O) groups is 2. The molecule has 1 aliphatic rings. The second kappa shape index (κ2) is 10.1. The van der Waals surface area contributed by atoms with E-state index in [0.717, 1.165) is 5.56 Å². The van der Waals surface area contributed by atoms with Gasteiger partial charge < -0.3 is 15.4 Å². The van der Waals surface area contributed by atoms with Crippen LogP contribution in [0.1, 0.15) is 32.3 Å². The molecule has 8 nitrogen and oxygen atoms in total. The van der Waals surface area contributed by atoms with Crippen molar-refractivity contribution in [3.05, 3.63) is 48.0 Å². The molecular weight excluding hydrogens is 430 g/mol. The third-order valence-corrected chi connectivity index (χ3v) is 7.25. The molecule has 2 amide bonds. The van der Waals surface area contributed by atoms with Crippen LogP contribution in [0.4, 0.5) is 11.4 Å². The van der Waals surface area contributed by atoms with E-state index in [-0.39, 0.29) is 35.7 Å². The van der Waals surface area contributed by atoms with Crippen molar-refractivity contribution in [2.45, 2.75) is 38.5 Å². The average molecular weight is 460 g/mol. The first-order valence-electron chi connectivity index (χ1n) is 10.6. The summed E-state index contributed by atoms with van der Waals surface area (Å²) in [5, 5.41) is 5.54. The number of hydrogen-bond donors (Lipinski definition) is 2. The van der Waals surface area contributed by atoms with Gasteiger partial charge in [0.2, 0.25) is 21.8 Å². The molecule has 3 rings (SSSR count).